The lowest BCUT2D eigenvalue weighted by Crippen LogP contribution is -2.10. The van der Waals surface area contributed by atoms with Gasteiger partial charge in [-0.3, -0.25) is 0 Å². The zero-order valence-electron chi connectivity index (χ0n) is 17.8. The molecule has 0 aliphatic rings. The molecular formula is C24H26N4O2. The molecule has 2 aromatic carbocycles. The highest BCUT2D eigenvalue weighted by atomic mass is 16.5. The predicted octanol–water partition coefficient (Wildman–Crippen LogP) is 4.78. The van der Waals surface area contributed by atoms with Gasteiger partial charge in [0.15, 0.2) is 5.65 Å². The second kappa shape index (κ2) is 8.63. The van der Waals surface area contributed by atoms with E-state index in [9.17, 15) is 0 Å². The van der Waals surface area contributed by atoms with E-state index in [4.69, 9.17) is 14.6 Å². The molecule has 4 rings (SSSR count). The summed E-state index contributed by atoms with van der Waals surface area (Å²) < 4.78 is 13.5. The summed E-state index contributed by atoms with van der Waals surface area (Å²) >= 11 is 0. The molecule has 0 saturated carbocycles. The molecule has 2 aromatic heterocycles. The van der Waals surface area contributed by atoms with Gasteiger partial charge in [0.2, 0.25) is 5.88 Å². The first-order valence-corrected chi connectivity index (χ1v) is 10.0. The Morgan fingerprint density at radius 3 is 2.37 bits per heavy atom. The van der Waals surface area contributed by atoms with Crippen LogP contribution in [0.15, 0.2) is 54.6 Å². The number of hydrogen-bond donors (Lipinski definition) is 0. The van der Waals surface area contributed by atoms with Gasteiger partial charge in [0, 0.05) is 0 Å². The van der Waals surface area contributed by atoms with Crippen LogP contribution in [-0.2, 0) is 18.0 Å². The Morgan fingerprint density at radius 2 is 1.67 bits per heavy atom. The second-order valence-corrected chi connectivity index (χ2v) is 7.44. The monoisotopic (exact) mass is 402 g/mol. The van der Waals surface area contributed by atoms with Crippen molar-refractivity contribution >= 4 is 11.0 Å². The minimum Gasteiger partial charge on any atom is -0.480 e. The van der Waals surface area contributed by atoms with E-state index in [1.807, 2.05) is 41.9 Å². The van der Waals surface area contributed by atoms with Crippen LogP contribution in [0.1, 0.15) is 41.2 Å². The van der Waals surface area contributed by atoms with Crippen molar-refractivity contribution in [1.29, 1.82) is 0 Å². The van der Waals surface area contributed by atoms with E-state index in [1.165, 1.54) is 5.56 Å². The van der Waals surface area contributed by atoms with Gasteiger partial charge >= 0.3 is 0 Å². The molecule has 0 unspecified atom stereocenters. The highest BCUT2D eigenvalue weighted by molar-refractivity contribution is 5.84. The van der Waals surface area contributed by atoms with Crippen molar-refractivity contribution in [2.45, 2.75) is 40.0 Å². The fraction of sp³-hybridized carbons (Fsp3) is 0.292. The largest absolute Gasteiger partial charge is 0.480 e. The molecule has 0 aliphatic carbocycles. The van der Waals surface area contributed by atoms with E-state index in [2.05, 4.69) is 48.1 Å². The van der Waals surface area contributed by atoms with Crippen LogP contribution in [0.2, 0.25) is 0 Å². The molecule has 154 valence electrons. The summed E-state index contributed by atoms with van der Waals surface area (Å²) in [6, 6.07) is 18.6. The summed E-state index contributed by atoms with van der Waals surface area (Å²) in [5, 5.41) is 5.68. The molecule has 0 saturated heterocycles. The Bertz CT molecular complexity index is 1140. The maximum absolute atomic E-state index is 5.97. The van der Waals surface area contributed by atoms with Crippen LogP contribution in [-0.4, -0.2) is 26.9 Å². The summed E-state index contributed by atoms with van der Waals surface area (Å²) in [6.45, 7) is 6.93. The maximum atomic E-state index is 5.97. The number of nitrogens with zero attached hydrogens (tertiary/aromatic N) is 4. The van der Waals surface area contributed by atoms with Crippen LogP contribution >= 0.6 is 0 Å². The van der Waals surface area contributed by atoms with E-state index in [0.717, 1.165) is 27.9 Å². The van der Waals surface area contributed by atoms with Gasteiger partial charge in [-0.05, 0) is 31.9 Å². The molecule has 30 heavy (non-hydrogen) atoms. The van der Waals surface area contributed by atoms with Crippen molar-refractivity contribution in [1.82, 2.24) is 19.7 Å². The van der Waals surface area contributed by atoms with Crippen molar-refractivity contribution in [3.8, 4) is 5.88 Å². The normalized spacial score (nSPS) is 12.3. The van der Waals surface area contributed by atoms with Crippen LogP contribution in [0.5, 0.6) is 5.88 Å². The first kappa shape index (κ1) is 20.0. The van der Waals surface area contributed by atoms with Crippen LogP contribution in [0, 0.1) is 13.8 Å². The quantitative estimate of drug-likeness (QED) is 0.445. The Labute approximate surface area is 176 Å². The molecule has 4 aromatic rings. The molecule has 0 N–H and O–H groups in total. The van der Waals surface area contributed by atoms with Crippen LogP contribution in [0.4, 0.5) is 0 Å². The minimum absolute atomic E-state index is 0.00924. The van der Waals surface area contributed by atoms with Gasteiger partial charge in [-0.2, -0.15) is 10.1 Å². The lowest BCUT2D eigenvalue weighted by molar-refractivity contribution is 0.105. The van der Waals surface area contributed by atoms with E-state index in [1.54, 1.807) is 7.11 Å². The third-order valence-electron chi connectivity index (χ3n) is 5.17. The molecule has 6 nitrogen and oxygen atoms in total. The Morgan fingerprint density at radius 1 is 0.933 bits per heavy atom. The summed E-state index contributed by atoms with van der Waals surface area (Å²) in [5.41, 5.74) is 5.04. The van der Waals surface area contributed by atoms with E-state index < -0.39 is 0 Å². The Hall–Kier alpha value is -3.25. The number of rotatable bonds is 7. The average molecular weight is 402 g/mol. The van der Waals surface area contributed by atoms with E-state index >= 15 is 0 Å². The number of ether oxygens (including phenoxy) is 2. The smallest absolute Gasteiger partial charge is 0.228 e. The van der Waals surface area contributed by atoms with Crippen molar-refractivity contribution in [3.05, 3.63) is 82.8 Å². The number of fused-ring (bicyclic) bond motifs is 1. The van der Waals surface area contributed by atoms with Crippen molar-refractivity contribution in [2.24, 2.45) is 0 Å². The zero-order chi connectivity index (χ0) is 21.1. The fourth-order valence-electron chi connectivity index (χ4n) is 3.52. The number of aromatic nitrogens is 4. The molecule has 2 heterocycles. The van der Waals surface area contributed by atoms with E-state index in [-0.39, 0.29) is 6.04 Å². The van der Waals surface area contributed by atoms with Crippen LogP contribution in [0.25, 0.3) is 11.0 Å². The number of hydrogen-bond acceptors (Lipinski definition) is 5. The topological polar surface area (TPSA) is 62.1 Å². The van der Waals surface area contributed by atoms with Crippen molar-refractivity contribution in [3.63, 3.8) is 0 Å². The highest BCUT2D eigenvalue weighted by Crippen LogP contribution is 2.30. The first-order valence-electron chi connectivity index (χ1n) is 10.0. The van der Waals surface area contributed by atoms with Gasteiger partial charge in [-0.25, -0.2) is 9.67 Å². The molecule has 0 fully saturated rings. The molecule has 0 bridgehead atoms. The third kappa shape index (κ3) is 4.04. The number of aryl methyl sites for hydroxylation is 2. The summed E-state index contributed by atoms with van der Waals surface area (Å²) in [7, 11) is 1.62. The van der Waals surface area contributed by atoms with Gasteiger partial charge in [0.05, 0.1) is 26.4 Å². The Balaban J connectivity index is 1.71. The standard InChI is InChI=1S/C24H26N4O2/c1-16-10-12-20(13-11-16)17(2)28-23-22(24(29-4)26-18(3)25-23)21(27-28)15-30-14-19-8-6-5-7-9-19/h5-13,17H,14-15H2,1-4H3/t17-/m0/s1. The molecule has 1 atom stereocenters. The second-order valence-electron chi connectivity index (χ2n) is 7.44. The maximum Gasteiger partial charge on any atom is 0.228 e. The average Bonchev–Trinajstić information content (AvgIpc) is 3.12. The number of methoxy groups -OCH3 is 1. The molecule has 6 heteroatoms. The molecular weight excluding hydrogens is 376 g/mol. The Kier molecular flexibility index (Phi) is 5.77. The lowest BCUT2D eigenvalue weighted by atomic mass is 10.1. The van der Waals surface area contributed by atoms with Crippen molar-refractivity contribution < 1.29 is 9.47 Å². The molecule has 0 aliphatic heterocycles. The summed E-state index contributed by atoms with van der Waals surface area (Å²) in [5.74, 6) is 1.17. The van der Waals surface area contributed by atoms with E-state index in [0.29, 0.717) is 24.9 Å². The minimum atomic E-state index is 0.00924. The van der Waals surface area contributed by atoms with Gasteiger partial charge in [0.1, 0.15) is 16.9 Å². The number of benzene rings is 2. The highest BCUT2D eigenvalue weighted by Gasteiger charge is 2.22. The predicted molar refractivity (Wildman–Crippen MR) is 117 cm³/mol. The zero-order valence-corrected chi connectivity index (χ0v) is 17.8. The molecule has 0 radical (unpaired) electrons. The van der Waals surface area contributed by atoms with Gasteiger partial charge in [0.25, 0.3) is 0 Å². The lowest BCUT2D eigenvalue weighted by Gasteiger charge is -2.14. The molecule has 0 spiro atoms. The van der Waals surface area contributed by atoms with Crippen molar-refractivity contribution in [2.75, 3.05) is 7.11 Å². The van der Waals surface area contributed by atoms with Gasteiger partial charge < -0.3 is 9.47 Å². The summed E-state index contributed by atoms with van der Waals surface area (Å²) in [6.07, 6.45) is 0. The van der Waals surface area contributed by atoms with Crippen LogP contribution in [0.3, 0.4) is 0 Å². The fourth-order valence-corrected chi connectivity index (χ4v) is 3.52. The SMILES string of the molecule is COc1nc(C)nc2c1c(COCc1ccccc1)nn2[C@@H](C)c1ccc(C)cc1. The molecule has 0 amide bonds. The van der Waals surface area contributed by atoms with Crippen LogP contribution < -0.4 is 4.74 Å². The summed E-state index contributed by atoms with van der Waals surface area (Å²) in [4.78, 5) is 9.15. The van der Waals surface area contributed by atoms with Gasteiger partial charge in [-0.15, -0.1) is 0 Å². The first-order chi connectivity index (χ1) is 14.6. The van der Waals surface area contributed by atoms with Gasteiger partial charge in [-0.1, -0.05) is 60.2 Å². The third-order valence-corrected chi connectivity index (χ3v) is 5.17.